The fourth-order valence-corrected chi connectivity index (χ4v) is 4.14. The van der Waals surface area contributed by atoms with Gasteiger partial charge in [0.05, 0.1) is 0 Å². The molecular weight excluding hydrogens is 254 g/mol. The predicted octanol–water partition coefficient (Wildman–Crippen LogP) is 3.30. The highest BCUT2D eigenvalue weighted by molar-refractivity contribution is 5.84. The van der Waals surface area contributed by atoms with Crippen LogP contribution in [0.25, 0.3) is 0 Å². The van der Waals surface area contributed by atoms with Crippen LogP contribution in [0.1, 0.15) is 60.8 Å². The summed E-state index contributed by atoms with van der Waals surface area (Å²) in [6.07, 6.45) is 1.93. The van der Waals surface area contributed by atoms with Gasteiger partial charge in [-0.25, -0.2) is 4.79 Å². The monoisotopic (exact) mass is 281 g/mol. The molecule has 2 aliphatic carbocycles. The van der Waals surface area contributed by atoms with Gasteiger partial charge in [-0.15, -0.1) is 0 Å². The van der Waals surface area contributed by atoms with E-state index in [9.17, 15) is 9.59 Å². The Morgan fingerprint density at radius 3 is 2.45 bits per heavy atom. The molecule has 2 saturated carbocycles. The van der Waals surface area contributed by atoms with Crippen molar-refractivity contribution < 1.29 is 14.3 Å². The summed E-state index contributed by atoms with van der Waals surface area (Å²) < 4.78 is 5.35. The van der Waals surface area contributed by atoms with Crippen LogP contribution >= 0.6 is 0 Å². The number of Topliss-reactive ketones (excluding diaryl/α,β-unsaturated/α-hetero) is 1. The van der Waals surface area contributed by atoms with E-state index in [-0.39, 0.29) is 28.9 Å². The van der Waals surface area contributed by atoms with E-state index in [4.69, 9.17) is 4.74 Å². The number of hydrogen-bond donors (Lipinski definition) is 1. The summed E-state index contributed by atoms with van der Waals surface area (Å²) >= 11 is 0. The Morgan fingerprint density at radius 2 is 1.90 bits per heavy atom. The minimum Gasteiger partial charge on any atom is -0.444 e. The predicted molar refractivity (Wildman–Crippen MR) is 77.4 cm³/mol. The topological polar surface area (TPSA) is 55.4 Å². The van der Waals surface area contributed by atoms with Crippen LogP contribution in [0.2, 0.25) is 0 Å². The lowest BCUT2D eigenvalue weighted by atomic mass is 9.46. The zero-order chi connectivity index (χ0) is 15.3. The first-order valence-electron chi connectivity index (χ1n) is 7.48. The summed E-state index contributed by atoms with van der Waals surface area (Å²) in [7, 11) is 0. The normalized spacial score (nSPS) is 35.8. The number of ketones is 1. The van der Waals surface area contributed by atoms with E-state index in [1.165, 1.54) is 0 Å². The minimum absolute atomic E-state index is 0.0839. The molecule has 3 atom stereocenters. The van der Waals surface area contributed by atoms with E-state index in [0.29, 0.717) is 12.2 Å². The summed E-state index contributed by atoms with van der Waals surface area (Å²) in [6, 6.07) is 0. The van der Waals surface area contributed by atoms with E-state index in [1.807, 2.05) is 27.7 Å². The Hall–Kier alpha value is -1.06. The van der Waals surface area contributed by atoms with Crippen molar-refractivity contribution in [3.05, 3.63) is 0 Å². The van der Waals surface area contributed by atoms with Gasteiger partial charge in [0.1, 0.15) is 11.4 Å². The van der Waals surface area contributed by atoms with Gasteiger partial charge in [-0.1, -0.05) is 13.8 Å². The molecule has 4 nitrogen and oxygen atoms in total. The molecule has 0 radical (unpaired) electrons. The number of rotatable bonds is 1. The van der Waals surface area contributed by atoms with Crippen molar-refractivity contribution in [1.29, 1.82) is 0 Å². The average Bonchev–Trinajstić information content (AvgIpc) is 2.17. The summed E-state index contributed by atoms with van der Waals surface area (Å²) in [4.78, 5) is 24.0. The number of ether oxygens (including phenoxy) is 1. The maximum atomic E-state index is 12.0. The van der Waals surface area contributed by atoms with Crippen LogP contribution in [-0.2, 0) is 9.53 Å². The van der Waals surface area contributed by atoms with E-state index in [2.05, 4.69) is 19.2 Å². The Balaban J connectivity index is 2.09. The molecule has 1 amide bonds. The van der Waals surface area contributed by atoms with Crippen molar-refractivity contribution >= 4 is 11.9 Å². The van der Waals surface area contributed by atoms with Crippen LogP contribution in [-0.4, -0.2) is 23.0 Å². The quantitative estimate of drug-likeness (QED) is 0.802. The number of carbonyl (C=O) groups is 2. The van der Waals surface area contributed by atoms with Gasteiger partial charge in [-0.2, -0.15) is 0 Å². The SMILES string of the molecule is CC(C)(C)OC(=O)N[C@@]1(C)C[C@H]2C(=O)CCC(C)(C)[C@H]21. The van der Waals surface area contributed by atoms with Crippen LogP contribution in [0.3, 0.4) is 0 Å². The number of fused-ring (bicyclic) bond motifs is 1. The summed E-state index contributed by atoms with van der Waals surface area (Å²) in [5.74, 6) is 0.681. The fraction of sp³-hybridized carbons (Fsp3) is 0.875. The lowest BCUT2D eigenvalue weighted by Gasteiger charge is -2.61. The van der Waals surface area contributed by atoms with Gasteiger partial charge in [0, 0.05) is 17.9 Å². The van der Waals surface area contributed by atoms with Crippen molar-refractivity contribution in [3.63, 3.8) is 0 Å². The highest BCUT2D eigenvalue weighted by atomic mass is 16.6. The summed E-state index contributed by atoms with van der Waals surface area (Å²) in [5.41, 5.74) is -0.741. The molecule has 0 bridgehead atoms. The van der Waals surface area contributed by atoms with E-state index < -0.39 is 5.60 Å². The van der Waals surface area contributed by atoms with Gasteiger partial charge in [0.25, 0.3) is 0 Å². The van der Waals surface area contributed by atoms with E-state index in [1.54, 1.807) is 0 Å². The van der Waals surface area contributed by atoms with Crippen molar-refractivity contribution in [1.82, 2.24) is 5.32 Å². The Kier molecular flexibility index (Phi) is 3.43. The van der Waals surface area contributed by atoms with Gasteiger partial charge in [0.2, 0.25) is 0 Å². The second kappa shape index (κ2) is 4.47. The lowest BCUT2D eigenvalue weighted by molar-refractivity contribution is -0.151. The molecular formula is C16H27NO3. The van der Waals surface area contributed by atoms with Crippen molar-refractivity contribution in [2.45, 2.75) is 71.9 Å². The first-order valence-corrected chi connectivity index (χ1v) is 7.48. The van der Waals surface area contributed by atoms with Crippen molar-refractivity contribution in [3.8, 4) is 0 Å². The zero-order valence-corrected chi connectivity index (χ0v) is 13.5. The van der Waals surface area contributed by atoms with Gasteiger partial charge in [-0.05, 0) is 51.9 Å². The van der Waals surface area contributed by atoms with Crippen LogP contribution in [0.4, 0.5) is 4.79 Å². The molecule has 4 heteroatoms. The van der Waals surface area contributed by atoms with Crippen molar-refractivity contribution in [2.75, 3.05) is 0 Å². The number of hydrogen-bond acceptors (Lipinski definition) is 3. The van der Waals surface area contributed by atoms with Crippen LogP contribution < -0.4 is 5.32 Å². The molecule has 114 valence electrons. The molecule has 2 aliphatic rings. The molecule has 0 aromatic carbocycles. The molecule has 0 spiro atoms. The number of alkyl carbamates (subject to hydrolysis) is 1. The molecule has 1 N–H and O–H groups in total. The third-order valence-electron chi connectivity index (χ3n) is 4.79. The summed E-state index contributed by atoms with van der Waals surface area (Å²) in [6.45, 7) is 12.0. The molecule has 2 rings (SSSR count). The third kappa shape index (κ3) is 2.70. The number of nitrogens with one attached hydrogen (secondary N) is 1. The lowest BCUT2D eigenvalue weighted by Crippen LogP contribution is -2.69. The Labute approximate surface area is 121 Å². The molecule has 2 fully saturated rings. The van der Waals surface area contributed by atoms with Crippen LogP contribution in [0.15, 0.2) is 0 Å². The Morgan fingerprint density at radius 1 is 1.30 bits per heavy atom. The van der Waals surface area contributed by atoms with Crippen molar-refractivity contribution in [2.24, 2.45) is 17.3 Å². The molecule has 0 saturated heterocycles. The van der Waals surface area contributed by atoms with Crippen LogP contribution in [0.5, 0.6) is 0 Å². The standard InChI is InChI=1S/C16H27NO3/c1-14(2,3)20-13(19)17-16(6)9-10-11(18)7-8-15(4,5)12(10)16/h10,12H,7-9H2,1-6H3,(H,17,19)/t10-,12-,16-/m0/s1. The Bertz CT molecular complexity index is 435. The van der Waals surface area contributed by atoms with E-state index >= 15 is 0 Å². The summed E-state index contributed by atoms with van der Waals surface area (Å²) in [5, 5.41) is 3.01. The van der Waals surface area contributed by atoms with Crippen LogP contribution in [0, 0.1) is 17.3 Å². The largest absolute Gasteiger partial charge is 0.444 e. The molecule has 0 aromatic heterocycles. The smallest absolute Gasteiger partial charge is 0.408 e. The number of amides is 1. The maximum absolute atomic E-state index is 12.0. The molecule has 0 aromatic rings. The minimum atomic E-state index is -0.499. The molecule has 0 aliphatic heterocycles. The van der Waals surface area contributed by atoms with Gasteiger partial charge in [0.15, 0.2) is 0 Å². The zero-order valence-electron chi connectivity index (χ0n) is 13.5. The van der Waals surface area contributed by atoms with Gasteiger partial charge >= 0.3 is 6.09 Å². The molecule has 0 heterocycles. The first-order chi connectivity index (χ1) is 8.95. The second-order valence-electron chi connectivity index (χ2n) is 8.29. The first kappa shape index (κ1) is 15.3. The average molecular weight is 281 g/mol. The van der Waals surface area contributed by atoms with E-state index in [0.717, 1.165) is 12.8 Å². The van der Waals surface area contributed by atoms with Gasteiger partial charge < -0.3 is 10.1 Å². The number of carbonyl (C=O) groups excluding carboxylic acids is 2. The maximum Gasteiger partial charge on any atom is 0.408 e. The third-order valence-corrected chi connectivity index (χ3v) is 4.79. The second-order valence-corrected chi connectivity index (χ2v) is 8.29. The highest BCUT2D eigenvalue weighted by Crippen LogP contribution is 2.58. The molecule has 0 unspecified atom stereocenters. The highest BCUT2D eigenvalue weighted by Gasteiger charge is 2.61. The van der Waals surface area contributed by atoms with Gasteiger partial charge in [-0.3, -0.25) is 4.79 Å². The molecule has 20 heavy (non-hydrogen) atoms. The fourth-order valence-electron chi connectivity index (χ4n) is 4.14.